The third-order valence-corrected chi connectivity index (χ3v) is 3.06. The van der Waals surface area contributed by atoms with E-state index in [0.717, 1.165) is 12.1 Å². The molecule has 100 valence electrons. The number of nitrogens with zero attached hydrogens (tertiary/aromatic N) is 1. The summed E-state index contributed by atoms with van der Waals surface area (Å²) in [4.78, 5) is 10.2. The Kier molecular flexibility index (Phi) is 4.82. The molecule has 1 atom stereocenters. The largest absolute Gasteiger partial charge is 0.393 e. The molecule has 1 aromatic rings. The molecule has 18 heavy (non-hydrogen) atoms. The van der Waals surface area contributed by atoms with Crippen LogP contribution in [0.3, 0.4) is 0 Å². The van der Waals surface area contributed by atoms with Crippen LogP contribution in [-0.4, -0.2) is 33.9 Å². The lowest BCUT2D eigenvalue weighted by Gasteiger charge is -2.21. The maximum Gasteiger partial charge on any atom is 0.293 e. The summed E-state index contributed by atoms with van der Waals surface area (Å²) in [5.74, 6) is -0.590. The normalized spacial score (nSPS) is 14.1. The topological polar surface area (TPSA) is 95.6 Å². The molecule has 8 heteroatoms. The molecule has 3 N–H and O–H groups in total. The lowest BCUT2D eigenvalue weighted by molar-refractivity contribution is -0.384. The van der Waals surface area contributed by atoms with Crippen LogP contribution in [0.15, 0.2) is 12.1 Å². The number of nitro benzene ring substituents is 1. The molecule has 1 unspecified atom stereocenters. The van der Waals surface area contributed by atoms with Gasteiger partial charge in [0.15, 0.2) is 0 Å². The van der Waals surface area contributed by atoms with Crippen molar-refractivity contribution in [2.24, 2.45) is 0 Å². The van der Waals surface area contributed by atoms with E-state index in [1.807, 2.05) is 0 Å². The molecule has 0 aliphatic heterocycles. The highest BCUT2D eigenvalue weighted by Crippen LogP contribution is 2.28. The molecule has 0 saturated heterocycles. The molecule has 0 radical (unpaired) electrons. The molecule has 0 amide bonds. The first kappa shape index (κ1) is 15.1. The smallest absolute Gasteiger partial charge is 0.293 e. The van der Waals surface area contributed by atoms with Gasteiger partial charge in [0.05, 0.1) is 15.1 Å². The van der Waals surface area contributed by atoms with Crippen LogP contribution >= 0.6 is 22.6 Å². The Hall–Kier alpha value is -1.00. The van der Waals surface area contributed by atoms with Crippen LogP contribution in [-0.2, 0) is 0 Å². The van der Waals surface area contributed by atoms with Crippen LogP contribution in [0.5, 0.6) is 0 Å². The van der Waals surface area contributed by atoms with Gasteiger partial charge in [-0.05, 0) is 29.5 Å². The number of halogens is 2. The van der Waals surface area contributed by atoms with E-state index in [2.05, 4.69) is 5.32 Å². The van der Waals surface area contributed by atoms with Crippen LogP contribution in [0.25, 0.3) is 0 Å². The van der Waals surface area contributed by atoms with Crippen LogP contribution in [0.2, 0.25) is 0 Å². The predicted octanol–water partition coefficient (Wildman–Crippen LogP) is 1.49. The second-order valence-electron chi connectivity index (χ2n) is 4.05. The van der Waals surface area contributed by atoms with Crippen molar-refractivity contribution in [2.75, 3.05) is 18.5 Å². The molecule has 0 fully saturated rings. The van der Waals surface area contributed by atoms with Crippen LogP contribution in [0.4, 0.5) is 15.8 Å². The SMILES string of the molecule is CC(O)(CO)CNc1cc(F)c(I)cc1[N+](=O)[O-]. The summed E-state index contributed by atoms with van der Waals surface area (Å²) < 4.78 is 13.5. The Balaban J connectivity index is 3.01. The summed E-state index contributed by atoms with van der Waals surface area (Å²) in [5, 5.41) is 31.8. The highest BCUT2D eigenvalue weighted by Gasteiger charge is 2.22. The molecule has 1 aromatic carbocycles. The standard InChI is InChI=1S/C10H12FIN2O4/c1-10(16,5-15)4-13-8-2-6(11)7(12)3-9(8)14(17)18/h2-3,13,15-16H,4-5H2,1H3. The minimum absolute atomic E-state index is 0.0355. The summed E-state index contributed by atoms with van der Waals surface area (Å²) in [6, 6.07) is 2.10. The number of hydrogen-bond acceptors (Lipinski definition) is 5. The highest BCUT2D eigenvalue weighted by atomic mass is 127. The van der Waals surface area contributed by atoms with Crippen molar-refractivity contribution >= 4 is 34.0 Å². The first-order chi connectivity index (χ1) is 8.26. The molecule has 0 aliphatic rings. The van der Waals surface area contributed by atoms with Crippen LogP contribution in [0.1, 0.15) is 6.92 Å². The van der Waals surface area contributed by atoms with Crippen LogP contribution in [0, 0.1) is 19.5 Å². The van der Waals surface area contributed by atoms with Gasteiger partial charge in [0.1, 0.15) is 17.1 Å². The van der Waals surface area contributed by atoms with Crippen molar-refractivity contribution in [3.8, 4) is 0 Å². The van der Waals surface area contributed by atoms with Gasteiger partial charge in [-0.25, -0.2) is 4.39 Å². The number of aliphatic hydroxyl groups is 2. The molecule has 0 aromatic heterocycles. The number of hydrogen-bond donors (Lipinski definition) is 3. The Morgan fingerprint density at radius 2 is 2.22 bits per heavy atom. The van der Waals surface area contributed by atoms with Gasteiger partial charge in [0.2, 0.25) is 0 Å². The minimum Gasteiger partial charge on any atom is -0.393 e. The zero-order valence-corrected chi connectivity index (χ0v) is 11.6. The maximum absolute atomic E-state index is 13.3. The molecule has 0 heterocycles. The van der Waals surface area contributed by atoms with Gasteiger partial charge in [-0.3, -0.25) is 10.1 Å². The molecule has 6 nitrogen and oxygen atoms in total. The van der Waals surface area contributed by atoms with E-state index in [1.165, 1.54) is 6.92 Å². The van der Waals surface area contributed by atoms with E-state index in [1.54, 1.807) is 22.6 Å². The van der Waals surface area contributed by atoms with Crippen molar-refractivity contribution in [3.05, 3.63) is 31.6 Å². The average Bonchev–Trinajstić information content (AvgIpc) is 2.30. The Morgan fingerprint density at radius 3 is 2.72 bits per heavy atom. The molecular weight excluding hydrogens is 358 g/mol. The number of anilines is 1. The van der Waals surface area contributed by atoms with Crippen molar-refractivity contribution in [1.29, 1.82) is 0 Å². The number of nitrogens with one attached hydrogen (secondary N) is 1. The lowest BCUT2D eigenvalue weighted by Crippen LogP contribution is -2.37. The quantitative estimate of drug-likeness (QED) is 0.415. The Labute approximate surface area is 116 Å². The second kappa shape index (κ2) is 5.76. The molecule has 0 spiro atoms. The first-order valence-electron chi connectivity index (χ1n) is 4.97. The summed E-state index contributed by atoms with van der Waals surface area (Å²) in [6.07, 6.45) is 0. The van der Waals surface area contributed by atoms with Crippen molar-refractivity contribution in [1.82, 2.24) is 0 Å². The number of aliphatic hydroxyl groups excluding tert-OH is 1. The maximum atomic E-state index is 13.3. The van der Waals surface area contributed by atoms with Gasteiger partial charge < -0.3 is 15.5 Å². The van der Waals surface area contributed by atoms with Crippen molar-refractivity contribution < 1.29 is 19.5 Å². The van der Waals surface area contributed by atoms with E-state index in [-0.39, 0.29) is 21.5 Å². The van der Waals surface area contributed by atoms with Gasteiger partial charge in [-0.2, -0.15) is 0 Å². The van der Waals surface area contributed by atoms with Crippen molar-refractivity contribution in [3.63, 3.8) is 0 Å². The fourth-order valence-electron chi connectivity index (χ4n) is 1.17. The fraction of sp³-hybridized carbons (Fsp3) is 0.400. The minimum atomic E-state index is -1.44. The lowest BCUT2D eigenvalue weighted by atomic mass is 10.1. The monoisotopic (exact) mass is 370 g/mol. The Bertz CT molecular complexity index is 467. The average molecular weight is 370 g/mol. The Morgan fingerprint density at radius 1 is 1.61 bits per heavy atom. The van der Waals surface area contributed by atoms with Gasteiger partial charge in [-0.1, -0.05) is 0 Å². The number of nitro groups is 1. The summed E-state index contributed by atoms with van der Waals surface area (Å²) in [7, 11) is 0. The van der Waals surface area contributed by atoms with E-state index >= 15 is 0 Å². The highest BCUT2D eigenvalue weighted by molar-refractivity contribution is 14.1. The number of benzene rings is 1. The van der Waals surface area contributed by atoms with Gasteiger partial charge >= 0.3 is 0 Å². The first-order valence-corrected chi connectivity index (χ1v) is 6.05. The second-order valence-corrected chi connectivity index (χ2v) is 5.21. The van der Waals surface area contributed by atoms with E-state index in [4.69, 9.17) is 5.11 Å². The summed E-state index contributed by atoms with van der Waals surface area (Å²) >= 11 is 1.66. The summed E-state index contributed by atoms with van der Waals surface area (Å²) in [5.41, 5.74) is -1.76. The van der Waals surface area contributed by atoms with Gasteiger partial charge in [0.25, 0.3) is 5.69 Å². The molecule has 0 aliphatic carbocycles. The predicted molar refractivity (Wildman–Crippen MR) is 72.0 cm³/mol. The number of rotatable bonds is 5. The zero-order valence-electron chi connectivity index (χ0n) is 9.48. The molecular formula is C10H12FIN2O4. The van der Waals surface area contributed by atoms with Gasteiger partial charge in [-0.15, -0.1) is 0 Å². The van der Waals surface area contributed by atoms with E-state index in [9.17, 15) is 19.6 Å². The third kappa shape index (κ3) is 3.75. The molecule has 1 rings (SSSR count). The van der Waals surface area contributed by atoms with E-state index in [0.29, 0.717) is 0 Å². The van der Waals surface area contributed by atoms with Crippen molar-refractivity contribution in [2.45, 2.75) is 12.5 Å². The third-order valence-electron chi connectivity index (χ3n) is 2.24. The zero-order chi connectivity index (χ0) is 13.9. The molecule has 0 bridgehead atoms. The summed E-state index contributed by atoms with van der Waals surface area (Å²) in [6.45, 7) is 0.708. The van der Waals surface area contributed by atoms with E-state index < -0.39 is 22.9 Å². The van der Waals surface area contributed by atoms with Gasteiger partial charge in [0, 0.05) is 18.7 Å². The molecule has 0 saturated carbocycles. The van der Waals surface area contributed by atoms with Crippen LogP contribution < -0.4 is 5.32 Å². The fourth-order valence-corrected chi connectivity index (χ4v) is 1.62.